The summed E-state index contributed by atoms with van der Waals surface area (Å²) in [6, 6.07) is 5.51. The van der Waals surface area contributed by atoms with E-state index in [2.05, 4.69) is 35.7 Å². The van der Waals surface area contributed by atoms with Crippen molar-refractivity contribution in [3.63, 3.8) is 0 Å². The lowest BCUT2D eigenvalue weighted by atomic mass is 10.1. The average Bonchev–Trinajstić information content (AvgIpc) is 2.77. The van der Waals surface area contributed by atoms with Crippen LogP contribution >= 0.6 is 34.7 Å². The molecule has 0 unspecified atom stereocenters. The van der Waals surface area contributed by atoms with E-state index in [9.17, 15) is 0 Å². The van der Waals surface area contributed by atoms with Crippen molar-refractivity contribution in [1.29, 1.82) is 0 Å². The number of benzene rings is 1. The smallest absolute Gasteiger partial charge is 0.110 e. The average molecular weight is 316 g/mol. The molecule has 0 atom stereocenters. The highest BCUT2D eigenvalue weighted by Gasteiger charge is 2.15. The molecule has 0 radical (unpaired) electrons. The maximum atomic E-state index is 6.04. The minimum absolute atomic E-state index is 0.0545. The van der Waals surface area contributed by atoms with E-state index < -0.39 is 0 Å². The molecule has 0 aliphatic rings. The number of aromatic nitrogens is 2. The second-order valence-corrected chi connectivity index (χ2v) is 6.93. The second kappa shape index (κ2) is 5.75. The van der Waals surface area contributed by atoms with Gasteiger partial charge in [-0.25, -0.2) is 0 Å². The molecule has 1 aromatic carbocycles. The fourth-order valence-electron chi connectivity index (χ4n) is 1.53. The van der Waals surface area contributed by atoms with Gasteiger partial charge in [0.2, 0.25) is 0 Å². The Kier molecular flexibility index (Phi) is 4.46. The van der Waals surface area contributed by atoms with Crippen LogP contribution in [0.25, 0.3) is 11.3 Å². The molecule has 2 aromatic rings. The molecule has 1 aromatic heterocycles. The predicted octanol–water partition coefficient (Wildman–Crippen LogP) is 4.40. The highest BCUT2D eigenvalue weighted by molar-refractivity contribution is 7.05. The summed E-state index contributed by atoms with van der Waals surface area (Å²) in [4.78, 5) is 1.09. The summed E-state index contributed by atoms with van der Waals surface area (Å²) < 4.78 is 4.03. The number of nitrogens with zero attached hydrogens (tertiary/aromatic N) is 2. The van der Waals surface area contributed by atoms with Gasteiger partial charge in [0.1, 0.15) is 5.69 Å². The predicted molar refractivity (Wildman–Crippen MR) is 82.0 cm³/mol. The van der Waals surface area contributed by atoms with Crippen molar-refractivity contribution < 1.29 is 0 Å². The van der Waals surface area contributed by atoms with Gasteiger partial charge in [-0.3, -0.25) is 0 Å². The lowest BCUT2D eigenvalue weighted by Gasteiger charge is -2.19. The molecule has 0 aliphatic carbocycles. The van der Waals surface area contributed by atoms with Crippen LogP contribution in [0.15, 0.2) is 18.2 Å². The quantitative estimate of drug-likeness (QED) is 0.912. The molecule has 1 N–H and O–H groups in total. The topological polar surface area (TPSA) is 37.8 Å². The third kappa shape index (κ3) is 3.89. The zero-order valence-corrected chi connectivity index (χ0v) is 13.3. The molecule has 3 nitrogen and oxygen atoms in total. The molecule has 0 spiro atoms. The van der Waals surface area contributed by atoms with Crippen molar-refractivity contribution in [2.24, 2.45) is 0 Å². The monoisotopic (exact) mass is 315 g/mol. The zero-order valence-electron chi connectivity index (χ0n) is 11.0. The van der Waals surface area contributed by atoms with Crippen LogP contribution < -0.4 is 5.32 Å². The van der Waals surface area contributed by atoms with Crippen molar-refractivity contribution in [2.45, 2.75) is 32.9 Å². The molecule has 1 heterocycles. The van der Waals surface area contributed by atoms with Crippen molar-refractivity contribution in [1.82, 2.24) is 14.9 Å². The molecule has 0 saturated heterocycles. The summed E-state index contributed by atoms with van der Waals surface area (Å²) in [6.45, 7) is 7.11. The van der Waals surface area contributed by atoms with Gasteiger partial charge in [0.15, 0.2) is 0 Å². The molecule has 0 saturated carbocycles. The molecule has 19 heavy (non-hydrogen) atoms. The van der Waals surface area contributed by atoms with E-state index >= 15 is 0 Å². The van der Waals surface area contributed by atoms with Crippen molar-refractivity contribution in [3.8, 4) is 11.3 Å². The highest BCUT2D eigenvalue weighted by atomic mass is 35.5. The first-order chi connectivity index (χ1) is 8.87. The van der Waals surface area contributed by atoms with Crippen molar-refractivity contribution in [2.75, 3.05) is 0 Å². The van der Waals surface area contributed by atoms with Gasteiger partial charge in [0.05, 0.1) is 14.9 Å². The number of hydrogen-bond acceptors (Lipinski definition) is 4. The lowest BCUT2D eigenvalue weighted by molar-refractivity contribution is 0.426. The molecule has 0 amide bonds. The molecule has 0 bridgehead atoms. The van der Waals surface area contributed by atoms with Crippen molar-refractivity contribution >= 4 is 34.7 Å². The third-order valence-corrected chi connectivity index (χ3v) is 3.99. The third-order valence-electron chi connectivity index (χ3n) is 2.53. The minimum atomic E-state index is 0.0545. The van der Waals surface area contributed by atoms with E-state index in [0.717, 1.165) is 22.7 Å². The van der Waals surface area contributed by atoms with Gasteiger partial charge in [-0.05, 0) is 44.4 Å². The molecular weight excluding hydrogens is 301 g/mol. The first kappa shape index (κ1) is 14.7. The van der Waals surface area contributed by atoms with Gasteiger partial charge >= 0.3 is 0 Å². The Morgan fingerprint density at radius 1 is 1.21 bits per heavy atom. The van der Waals surface area contributed by atoms with Crippen molar-refractivity contribution in [3.05, 3.63) is 33.1 Å². The lowest BCUT2D eigenvalue weighted by Crippen LogP contribution is -2.34. The van der Waals surface area contributed by atoms with E-state index in [0.29, 0.717) is 10.0 Å². The van der Waals surface area contributed by atoms with Gasteiger partial charge in [-0.15, -0.1) is 5.10 Å². The Morgan fingerprint density at radius 2 is 1.95 bits per heavy atom. The van der Waals surface area contributed by atoms with E-state index in [1.807, 2.05) is 12.1 Å². The Labute approximate surface area is 127 Å². The molecule has 0 aliphatic heterocycles. The summed E-state index contributed by atoms with van der Waals surface area (Å²) in [7, 11) is 0. The SMILES string of the molecule is CC(C)(C)NCc1snnc1-c1ccc(Cl)c(Cl)c1. The normalized spacial score (nSPS) is 11.8. The number of nitrogens with one attached hydrogen (secondary N) is 1. The van der Waals surface area contributed by atoms with Gasteiger partial charge in [-0.1, -0.05) is 33.8 Å². The maximum absolute atomic E-state index is 6.04. The zero-order chi connectivity index (χ0) is 14.0. The fraction of sp³-hybridized carbons (Fsp3) is 0.385. The van der Waals surface area contributed by atoms with Gasteiger partial charge in [-0.2, -0.15) is 0 Å². The highest BCUT2D eigenvalue weighted by Crippen LogP contribution is 2.30. The molecular formula is C13H15Cl2N3S. The Hall–Kier alpha value is -0.680. The first-order valence-corrected chi connectivity index (χ1v) is 7.41. The van der Waals surface area contributed by atoms with Crippen LogP contribution in [0.2, 0.25) is 10.0 Å². The van der Waals surface area contributed by atoms with Gasteiger partial charge < -0.3 is 5.32 Å². The largest absolute Gasteiger partial charge is 0.307 e. The fourth-order valence-corrected chi connectivity index (χ4v) is 2.43. The van der Waals surface area contributed by atoms with E-state index in [1.54, 1.807) is 6.07 Å². The minimum Gasteiger partial charge on any atom is -0.307 e. The van der Waals surface area contributed by atoms with Crippen LogP contribution in [0.4, 0.5) is 0 Å². The van der Waals surface area contributed by atoms with Crippen LogP contribution in [-0.4, -0.2) is 15.1 Å². The van der Waals surface area contributed by atoms with Crippen LogP contribution in [-0.2, 0) is 6.54 Å². The van der Waals surface area contributed by atoms with Crippen LogP contribution in [0.1, 0.15) is 25.6 Å². The molecule has 102 valence electrons. The molecule has 0 fully saturated rings. The Balaban J connectivity index is 2.26. The van der Waals surface area contributed by atoms with E-state index in [-0.39, 0.29) is 5.54 Å². The van der Waals surface area contributed by atoms with Crippen LogP contribution in [0.3, 0.4) is 0 Å². The maximum Gasteiger partial charge on any atom is 0.110 e. The van der Waals surface area contributed by atoms with E-state index in [1.165, 1.54) is 11.5 Å². The number of hydrogen-bond donors (Lipinski definition) is 1. The molecule has 2 rings (SSSR count). The van der Waals surface area contributed by atoms with Gasteiger partial charge in [0.25, 0.3) is 0 Å². The second-order valence-electron chi connectivity index (χ2n) is 5.28. The Morgan fingerprint density at radius 3 is 2.58 bits per heavy atom. The number of halogens is 2. The molecule has 6 heteroatoms. The van der Waals surface area contributed by atoms with Crippen LogP contribution in [0.5, 0.6) is 0 Å². The summed E-state index contributed by atoms with van der Waals surface area (Å²) in [5.41, 5.74) is 1.85. The van der Waals surface area contributed by atoms with Crippen LogP contribution in [0, 0.1) is 0 Å². The summed E-state index contributed by atoms with van der Waals surface area (Å²) in [5.74, 6) is 0. The standard InChI is InChI=1S/C13H15Cl2N3S/c1-13(2,3)16-7-11-12(17-18-19-11)8-4-5-9(14)10(15)6-8/h4-6,16H,7H2,1-3H3. The summed E-state index contributed by atoms with van der Waals surface area (Å²) >= 11 is 13.4. The number of rotatable bonds is 3. The van der Waals surface area contributed by atoms with Gasteiger partial charge in [0, 0.05) is 17.6 Å². The first-order valence-electron chi connectivity index (χ1n) is 5.88. The summed E-state index contributed by atoms with van der Waals surface area (Å²) in [6.07, 6.45) is 0. The van der Waals surface area contributed by atoms with E-state index in [4.69, 9.17) is 23.2 Å². The Bertz CT molecular complexity index is 576. The summed E-state index contributed by atoms with van der Waals surface area (Å²) in [5, 5.41) is 8.69.